The monoisotopic (exact) mass is 201 g/mol. The van der Waals surface area contributed by atoms with Crippen LogP contribution in [0.1, 0.15) is 46.0 Å². The van der Waals surface area contributed by atoms with E-state index in [4.69, 9.17) is 5.11 Å². The van der Waals surface area contributed by atoms with Gasteiger partial charge in [0.25, 0.3) is 0 Å². The van der Waals surface area contributed by atoms with Gasteiger partial charge in [0.15, 0.2) is 0 Å². The smallest absolute Gasteiger partial charge is 0.304 e. The highest BCUT2D eigenvalue weighted by atomic mass is 16.4. The quantitative estimate of drug-likeness (QED) is 0.563. The van der Waals surface area contributed by atoms with Crippen molar-refractivity contribution in [2.24, 2.45) is 5.92 Å². The predicted octanol–water partition coefficient (Wildman–Crippen LogP) is 2.27. The molecule has 0 fully saturated rings. The van der Waals surface area contributed by atoms with E-state index in [1.807, 2.05) is 0 Å². The van der Waals surface area contributed by atoms with Crippen LogP contribution in [-0.4, -0.2) is 24.2 Å². The van der Waals surface area contributed by atoms with E-state index in [0.29, 0.717) is 6.54 Å². The predicted molar refractivity (Wildman–Crippen MR) is 58.4 cm³/mol. The molecule has 14 heavy (non-hydrogen) atoms. The summed E-state index contributed by atoms with van der Waals surface area (Å²) in [4.78, 5) is 10.2. The summed E-state index contributed by atoms with van der Waals surface area (Å²) in [6.07, 6.45) is 5.23. The Bertz CT molecular complexity index is 146. The van der Waals surface area contributed by atoms with Crippen molar-refractivity contribution in [3.8, 4) is 0 Å². The molecule has 3 nitrogen and oxygen atoms in total. The number of nitrogens with one attached hydrogen (secondary N) is 1. The second-order valence-electron chi connectivity index (χ2n) is 4.14. The zero-order valence-corrected chi connectivity index (χ0v) is 9.38. The molecule has 0 aliphatic carbocycles. The summed E-state index contributed by atoms with van der Waals surface area (Å²) < 4.78 is 0. The second-order valence-corrected chi connectivity index (χ2v) is 4.14. The van der Waals surface area contributed by atoms with Crippen molar-refractivity contribution in [2.75, 3.05) is 13.1 Å². The Hall–Kier alpha value is -0.570. The minimum atomic E-state index is -0.725. The highest BCUT2D eigenvalue weighted by Gasteiger charge is 1.96. The van der Waals surface area contributed by atoms with E-state index < -0.39 is 5.97 Å². The molecule has 0 unspecified atom stereocenters. The lowest BCUT2D eigenvalue weighted by Crippen LogP contribution is -2.19. The summed E-state index contributed by atoms with van der Waals surface area (Å²) in [6, 6.07) is 0. The molecule has 0 saturated carbocycles. The van der Waals surface area contributed by atoms with Gasteiger partial charge in [-0.2, -0.15) is 0 Å². The SMILES string of the molecule is CC(C)CCCCCNCCC(=O)O. The van der Waals surface area contributed by atoms with Crippen molar-refractivity contribution < 1.29 is 9.90 Å². The lowest BCUT2D eigenvalue weighted by molar-refractivity contribution is -0.136. The first kappa shape index (κ1) is 13.4. The number of carboxylic acids is 1. The van der Waals surface area contributed by atoms with Gasteiger partial charge in [0, 0.05) is 6.54 Å². The fourth-order valence-corrected chi connectivity index (χ4v) is 1.30. The number of carbonyl (C=O) groups is 1. The first-order chi connectivity index (χ1) is 6.63. The maximum Gasteiger partial charge on any atom is 0.304 e. The van der Waals surface area contributed by atoms with Gasteiger partial charge < -0.3 is 10.4 Å². The van der Waals surface area contributed by atoms with Crippen molar-refractivity contribution in [3.05, 3.63) is 0 Å². The van der Waals surface area contributed by atoms with Crippen molar-refractivity contribution in [3.63, 3.8) is 0 Å². The molecule has 0 aromatic rings. The van der Waals surface area contributed by atoms with Crippen LogP contribution in [0.5, 0.6) is 0 Å². The molecule has 0 bridgehead atoms. The maximum absolute atomic E-state index is 10.2. The van der Waals surface area contributed by atoms with E-state index in [1.54, 1.807) is 0 Å². The molecule has 0 aliphatic rings. The summed E-state index contributed by atoms with van der Waals surface area (Å²) in [5.74, 6) is 0.0762. The summed E-state index contributed by atoms with van der Waals surface area (Å²) in [5, 5.41) is 11.5. The van der Waals surface area contributed by atoms with Gasteiger partial charge in [-0.1, -0.05) is 33.1 Å². The van der Waals surface area contributed by atoms with Crippen LogP contribution < -0.4 is 5.32 Å². The Morgan fingerprint density at radius 3 is 2.50 bits per heavy atom. The van der Waals surface area contributed by atoms with Gasteiger partial charge in [-0.05, 0) is 18.9 Å². The average Bonchev–Trinajstić information content (AvgIpc) is 2.08. The van der Waals surface area contributed by atoms with Gasteiger partial charge in [-0.3, -0.25) is 4.79 Å². The first-order valence-corrected chi connectivity index (χ1v) is 5.55. The van der Waals surface area contributed by atoms with Gasteiger partial charge in [0.1, 0.15) is 0 Å². The minimum absolute atomic E-state index is 0.228. The van der Waals surface area contributed by atoms with Gasteiger partial charge >= 0.3 is 5.97 Å². The van der Waals surface area contributed by atoms with Crippen LogP contribution in [0.2, 0.25) is 0 Å². The van der Waals surface area contributed by atoms with E-state index in [9.17, 15) is 4.79 Å². The number of hydrogen-bond donors (Lipinski definition) is 2. The summed E-state index contributed by atoms with van der Waals surface area (Å²) in [6.45, 7) is 6.03. The van der Waals surface area contributed by atoms with Crippen molar-refractivity contribution >= 4 is 5.97 Å². The average molecular weight is 201 g/mol. The first-order valence-electron chi connectivity index (χ1n) is 5.55. The summed E-state index contributed by atoms with van der Waals surface area (Å²) in [5.41, 5.74) is 0. The molecule has 0 atom stereocenters. The van der Waals surface area contributed by atoms with E-state index in [2.05, 4.69) is 19.2 Å². The molecule has 0 aliphatic heterocycles. The molecular weight excluding hydrogens is 178 g/mol. The fraction of sp³-hybridized carbons (Fsp3) is 0.909. The molecule has 3 heteroatoms. The zero-order chi connectivity index (χ0) is 10.8. The molecule has 0 aromatic heterocycles. The normalized spacial score (nSPS) is 10.8. The molecule has 0 aromatic carbocycles. The van der Waals surface area contributed by atoms with Crippen LogP contribution in [-0.2, 0) is 4.79 Å². The summed E-state index contributed by atoms with van der Waals surface area (Å²) in [7, 11) is 0. The Balaban J connectivity index is 2.96. The molecular formula is C11H23NO2. The standard InChI is InChI=1S/C11H23NO2/c1-10(2)6-4-3-5-8-12-9-7-11(13)14/h10,12H,3-9H2,1-2H3,(H,13,14). The maximum atomic E-state index is 10.2. The van der Waals surface area contributed by atoms with Crippen molar-refractivity contribution in [1.29, 1.82) is 0 Å². The topological polar surface area (TPSA) is 49.3 Å². The van der Waals surface area contributed by atoms with Gasteiger partial charge in [-0.15, -0.1) is 0 Å². The fourth-order valence-electron chi connectivity index (χ4n) is 1.30. The third kappa shape index (κ3) is 11.4. The van der Waals surface area contributed by atoms with E-state index in [1.165, 1.54) is 19.3 Å². The van der Waals surface area contributed by atoms with Crippen LogP contribution in [0.3, 0.4) is 0 Å². The second kappa shape index (κ2) is 9.00. The highest BCUT2D eigenvalue weighted by Crippen LogP contribution is 2.07. The Morgan fingerprint density at radius 1 is 1.21 bits per heavy atom. The Labute approximate surface area is 86.9 Å². The van der Waals surface area contributed by atoms with E-state index >= 15 is 0 Å². The zero-order valence-electron chi connectivity index (χ0n) is 9.38. The summed E-state index contributed by atoms with van der Waals surface area (Å²) >= 11 is 0. The highest BCUT2D eigenvalue weighted by molar-refractivity contribution is 5.66. The van der Waals surface area contributed by atoms with Crippen LogP contribution in [0, 0.1) is 5.92 Å². The Kier molecular flexibility index (Phi) is 8.64. The van der Waals surface area contributed by atoms with Gasteiger partial charge in [0.05, 0.1) is 6.42 Å². The van der Waals surface area contributed by atoms with E-state index in [-0.39, 0.29) is 6.42 Å². The lowest BCUT2D eigenvalue weighted by atomic mass is 10.1. The van der Waals surface area contributed by atoms with Crippen LogP contribution in [0.15, 0.2) is 0 Å². The van der Waals surface area contributed by atoms with Crippen LogP contribution >= 0.6 is 0 Å². The molecule has 0 spiro atoms. The Morgan fingerprint density at radius 2 is 1.93 bits per heavy atom. The minimum Gasteiger partial charge on any atom is -0.481 e. The van der Waals surface area contributed by atoms with Crippen LogP contribution in [0.25, 0.3) is 0 Å². The van der Waals surface area contributed by atoms with Gasteiger partial charge in [0.2, 0.25) is 0 Å². The third-order valence-corrected chi connectivity index (χ3v) is 2.15. The molecule has 2 N–H and O–H groups in total. The number of aliphatic carboxylic acids is 1. The number of unbranched alkanes of at least 4 members (excludes halogenated alkanes) is 2. The largest absolute Gasteiger partial charge is 0.481 e. The number of rotatable bonds is 9. The molecule has 84 valence electrons. The number of carboxylic acid groups (broad SMARTS) is 1. The molecule has 0 heterocycles. The lowest BCUT2D eigenvalue weighted by Gasteiger charge is -2.05. The van der Waals surface area contributed by atoms with Crippen molar-refractivity contribution in [1.82, 2.24) is 5.32 Å². The van der Waals surface area contributed by atoms with Crippen molar-refractivity contribution in [2.45, 2.75) is 46.0 Å². The molecule has 0 amide bonds. The molecule has 0 saturated heterocycles. The van der Waals surface area contributed by atoms with E-state index in [0.717, 1.165) is 18.9 Å². The molecule has 0 rings (SSSR count). The molecule has 0 radical (unpaired) electrons. The third-order valence-electron chi connectivity index (χ3n) is 2.15. The van der Waals surface area contributed by atoms with Crippen LogP contribution in [0.4, 0.5) is 0 Å². The van der Waals surface area contributed by atoms with Gasteiger partial charge in [-0.25, -0.2) is 0 Å². The number of hydrogen-bond acceptors (Lipinski definition) is 2.